The van der Waals surface area contributed by atoms with E-state index in [1.807, 2.05) is 30.4 Å². The topological polar surface area (TPSA) is 46.6 Å². The molecule has 27 heavy (non-hydrogen) atoms. The lowest BCUT2D eigenvalue weighted by molar-refractivity contribution is -0.160. The molecule has 1 aliphatic heterocycles. The number of carbonyl (C=O) groups is 2. The molecule has 3 fully saturated rings. The summed E-state index contributed by atoms with van der Waals surface area (Å²) in [5.74, 6) is 1.78. The quantitative estimate of drug-likeness (QED) is 0.336. The predicted octanol–water partition coefficient (Wildman–Crippen LogP) is 4.40. The van der Waals surface area contributed by atoms with Crippen LogP contribution in [0.2, 0.25) is 0 Å². The van der Waals surface area contributed by atoms with Gasteiger partial charge in [0.05, 0.1) is 12.0 Å². The smallest absolute Gasteiger partial charge is 0.307 e. The molecule has 142 valence electrons. The van der Waals surface area contributed by atoms with Gasteiger partial charge in [-0.15, -0.1) is 0 Å². The minimum atomic E-state index is -0.332. The standard InChI is InChI=1S/C23H27NO3/c1-15(27-16(2)25)7-6-10-20-22(18-8-4-3-5-9-18)24(23(20)26)21-14-17-11-12-19(21)13-17/h3-10,17,19-22H,11-14H2,1-2H3/b10-6-,15-7+/t17-,19+,20-,21+,22-/m1/s1. The van der Waals surface area contributed by atoms with Crippen molar-refractivity contribution in [3.8, 4) is 0 Å². The highest BCUT2D eigenvalue weighted by Crippen LogP contribution is 2.53. The van der Waals surface area contributed by atoms with Gasteiger partial charge in [-0.2, -0.15) is 0 Å². The number of likely N-dealkylation sites (tertiary alicyclic amines) is 1. The second-order valence-electron chi connectivity index (χ2n) is 8.12. The lowest BCUT2D eigenvalue weighted by Crippen LogP contribution is -2.59. The molecule has 4 heteroatoms. The van der Waals surface area contributed by atoms with Gasteiger partial charge in [-0.05, 0) is 49.7 Å². The molecular formula is C23H27NO3. The molecule has 0 spiro atoms. The normalized spacial score (nSPS) is 32.8. The molecule has 1 aromatic carbocycles. The number of fused-ring (bicyclic) bond motifs is 2. The molecule has 0 N–H and O–H groups in total. The van der Waals surface area contributed by atoms with Crippen molar-refractivity contribution >= 4 is 11.9 Å². The molecule has 1 aromatic rings. The lowest BCUT2D eigenvalue weighted by Gasteiger charge is -2.52. The molecule has 2 bridgehead atoms. The van der Waals surface area contributed by atoms with Gasteiger partial charge in [0.2, 0.25) is 5.91 Å². The number of hydrogen-bond acceptors (Lipinski definition) is 3. The average Bonchev–Trinajstić information content (AvgIpc) is 3.26. The van der Waals surface area contributed by atoms with Gasteiger partial charge in [0, 0.05) is 13.0 Å². The van der Waals surface area contributed by atoms with Crippen LogP contribution in [0.5, 0.6) is 0 Å². The highest BCUT2D eigenvalue weighted by Gasteiger charge is 2.54. The van der Waals surface area contributed by atoms with Gasteiger partial charge in [-0.25, -0.2) is 0 Å². The second kappa shape index (κ2) is 7.34. The van der Waals surface area contributed by atoms with E-state index in [0.29, 0.717) is 17.7 Å². The van der Waals surface area contributed by atoms with Crippen molar-refractivity contribution < 1.29 is 14.3 Å². The molecule has 1 amide bonds. The number of esters is 1. The first-order valence-electron chi connectivity index (χ1n) is 9.95. The van der Waals surface area contributed by atoms with Crippen molar-refractivity contribution in [1.82, 2.24) is 4.90 Å². The maximum Gasteiger partial charge on any atom is 0.307 e. The predicted molar refractivity (Wildman–Crippen MR) is 103 cm³/mol. The van der Waals surface area contributed by atoms with Gasteiger partial charge < -0.3 is 9.64 Å². The van der Waals surface area contributed by atoms with Crippen LogP contribution in [0, 0.1) is 17.8 Å². The van der Waals surface area contributed by atoms with Gasteiger partial charge >= 0.3 is 5.97 Å². The van der Waals surface area contributed by atoms with Gasteiger partial charge in [-0.3, -0.25) is 9.59 Å². The Labute approximate surface area is 160 Å². The number of amides is 1. The zero-order chi connectivity index (χ0) is 19.0. The Morgan fingerprint density at radius 3 is 2.56 bits per heavy atom. The molecular weight excluding hydrogens is 338 g/mol. The summed E-state index contributed by atoms with van der Waals surface area (Å²) in [6.07, 6.45) is 10.6. The van der Waals surface area contributed by atoms with Crippen LogP contribution in [0.3, 0.4) is 0 Å². The van der Waals surface area contributed by atoms with Gasteiger partial charge in [-0.1, -0.05) is 48.9 Å². The van der Waals surface area contributed by atoms with Crippen LogP contribution in [0.4, 0.5) is 0 Å². The van der Waals surface area contributed by atoms with Crippen LogP contribution < -0.4 is 0 Å². The Morgan fingerprint density at radius 1 is 1.15 bits per heavy atom. The van der Waals surface area contributed by atoms with Gasteiger partial charge in [0.1, 0.15) is 5.76 Å². The second-order valence-corrected chi connectivity index (χ2v) is 8.12. The van der Waals surface area contributed by atoms with E-state index in [-0.39, 0.29) is 23.8 Å². The Morgan fingerprint density at radius 2 is 1.93 bits per heavy atom. The number of allylic oxidation sites excluding steroid dienone is 3. The first-order valence-corrected chi connectivity index (χ1v) is 9.95. The lowest BCUT2D eigenvalue weighted by atomic mass is 9.78. The van der Waals surface area contributed by atoms with Crippen molar-refractivity contribution in [3.05, 3.63) is 59.9 Å². The number of hydrogen-bond donors (Lipinski definition) is 0. The third kappa shape index (κ3) is 3.45. The highest BCUT2D eigenvalue weighted by molar-refractivity contribution is 5.88. The summed E-state index contributed by atoms with van der Waals surface area (Å²) in [5, 5.41) is 0. The molecule has 4 nitrogen and oxygen atoms in total. The van der Waals surface area contributed by atoms with Gasteiger partial charge in [0.15, 0.2) is 0 Å². The minimum Gasteiger partial charge on any atom is -0.432 e. The van der Waals surface area contributed by atoms with E-state index in [1.54, 1.807) is 13.0 Å². The molecule has 0 unspecified atom stereocenters. The van der Waals surface area contributed by atoms with E-state index in [0.717, 1.165) is 5.92 Å². The molecule has 5 atom stereocenters. The molecule has 2 aliphatic carbocycles. The van der Waals surface area contributed by atoms with Crippen molar-refractivity contribution in [2.24, 2.45) is 17.8 Å². The van der Waals surface area contributed by atoms with Gasteiger partial charge in [0.25, 0.3) is 0 Å². The summed E-state index contributed by atoms with van der Waals surface area (Å²) in [6, 6.07) is 10.9. The Bertz CT molecular complexity index is 782. The van der Waals surface area contributed by atoms with E-state index in [1.165, 1.54) is 38.2 Å². The molecule has 3 aliphatic rings. The van der Waals surface area contributed by atoms with Crippen molar-refractivity contribution in [2.45, 2.75) is 51.6 Å². The molecule has 2 saturated carbocycles. The summed E-state index contributed by atoms with van der Waals surface area (Å²) in [6.45, 7) is 3.12. The number of benzene rings is 1. The van der Waals surface area contributed by atoms with E-state index in [2.05, 4.69) is 17.0 Å². The first kappa shape index (κ1) is 18.0. The van der Waals surface area contributed by atoms with Crippen molar-refractivity contribution in [2.75, 3.05) is 0 Å². The third-order valence-electron chi connectivity index (χ3n) is 6.33. The molecule has 0 aromatic heterocycles. The van der Waals surface area contributed by atoms with E-state index >= 15 is 0 Å². The van der Waals surface area contributed by atoms with Crippen molar-refractivity contribution in [1.29, 1.82) is 0 Å². The Hall–Kier alpha value is -2.36. The van der Waals surface area contributed by atoms with Crippen LogP contribution in [-0.2, 0) is 14.3 Å². The average molecular weight is 365 g/mol. The molecule has 1 heterocycles. The maximum absolute atomic E-state index is 13.0. The number of β-lactam (4-membered cyclic amide) rings is 1. The summed E-state index contributed by atoms with van der Waals surface area (Å²) in [4.78, 5) is 26.2. The third-order valence-corrected chi connectivity index (χ3v) is 6.33. The first-order chi connectivity index (χ1) is 13.0. The Balaban J connectivity index is 1.54. The number of carbonyl (C=O) groups excluding carboxylic acids is 2. The number of rotatable bonds is 5. The summed E-state index contributed by atoms with van der Waals surface area (Å²) in [5.41, 5.74) is 1.20. The van der Waals surface area contributed by atoms with E-state index < -0.39 is 0 Å². The van der Waals surface area contributed by atoms with Crippen LogP contribution in [0.15, 0.2) is 54.3 Å². The summed E-state index contributed by atoms with van der Waals surface area (Å²) >= 11 is 0. The Kier molecular flexibility index (Phi) is 4.90. The SMILES string of the molecule is CC(=O)O/C(C)=C/C=C\[C@H]1C(=O)N([C@H]2C[C@@H]3CC[C@H]2C3)[C@@H]1c1ccccc1. The monoisotopic (exact) mass is 365 g/mol. The van der Waals surface area contributed by atoms with E-state index in [9.17, 15) is 9.59 Å². The van der Waals surface area contributed by atoms with Crippen LogP contribution >= 0.6 is 0 Å². The number of nitrogens with zero attached hydrogens (tertiary/aromatic N) is 1. The fraction of sp³-hybridized carbons (Fsp3) is 0.478. The molecule has 4 rings (SSSR count). The molecule has 1 saturated heterocycles. The zero-order valence-electron chi connectivity index (χ0n) is 16.0. The van der Waals surface area contributed by atoms with Crippen molar-refractivity contribution in [3.63, 3.8) is 0 Å². The molecule has 0 radical (unpaired) electrons. The summed E-state index contributed by atoms with van der Waals surface area (Å²) < 4.78 is 5.03. The van der Waals surface area contributed by atoms with Crippen LogP contribution in [0.25, 0.3) is 0 Å². The highest BCUT2D eigenvalue weighted by atomic mass is 16.5. The largest absolute Gasteiger partial charge is 0.432 e. The number of ether oxygens (including phenoxy) is 1. The fourth-order valence-electron chi connectivity index (χ4n) is 5.23. The van der Waals surface area contributed by atoms with E-state index in [4.69, 9.17) is 4.74 Å². The summed E-state index contributed by atoms with van der Waals surface area (Å²) in [7, 11) is 0. The van der Waals surface area contributed by atoms with Crippen LogP contribution in [-0.4, -0.2) is 22.8 Å². The maximum atomic E-state index is 13.0. The minimum absolute atomic E-state index is 0.113. The zero-order valence-corrected chi connectivity index (χ0v) is 16.0. The van der Waals surface area contributed by atoms with Crippen LogP contribution in [0.1, 0.15) is 51.1 Å². The fourth-order valence-corrected chi connectivity index (χ4v) is 5.23.